The number of nitrogens with zero attached hydrogens (tertiary/aromatic N) is 2. The summed E-state index contributed by atoms with van der Waals surface area (Å²) in [5.41, 5.74) is 4.71. The lowest BCUT2D eigenvalue weighted by Gasteiger charge is -2.20. The van der Waals surface area contributed by atoms with E-state index in [2.05, 4.69) is 12.1 Å². The number of pyridine rings is 1. The Balaban J connectivity index is 1.74. The molecule has 1 aromatic carbocycles. The Morgan fingerprint density at radius 3 is 2.65 bits per heavy atom. The molecule has 1 aromatic heterocycles. The molecule has 0 atom stereocenters. The van der Waals surface area contributed by atoms with Gasteiger partial charge in [0.2, 0.25) is 5.56 Å². The molecule has 0 spiro atoms. The number of hydrogen-bond acceptors (Lipinski definition) is 3. The minimum atomic E-state index is 0.0585. The lowest BCUT2D eigenvalue weighted by atomic mass is 9.93. The quantitative estimate of drug-likeness (QED) is 0.871. The van der Waals surface area contributed by atoms with Crippen molar-refractivity contribution in [2.45, 2.75) is 25.7 Å². The SMILES string of the molecule is COc1ccc(CCN=C2CCCc3c2ccc(=O)n3C)cc1. The van der Waals surface area contributed by atoms with Gasteiger partial charge in [0.05, 0.1) is 7.11 Å². The zero-order valence-electron chi connectivity index (χ0n) is 13.7. The summed E-state index contributed by atoms with van der Waals surface area (Å²) in [5.74, 6) is 0.877. The van der Waals surface area contributed by atoms with Crippen LogP contribution in [0.4, 0.5) is 0 Å². The van der Waals surface area contributed by atoms with Gasteiger partial charge in [-0.2, -0.15) is 0 Å². The number of aliphatic imine (C=N–C) groups is 1. The number of methoxy groups -OCH3 is 1. The smallest absolute Gasteiger partial charge is 0.250 e. The number of benzene rings is 1. The molecule has 1 aliphatic rings. The fraction of sp³-hybridized carbons (Fsp3) is 0.368. The maximum absolute atomic E-state index is 11.8. The van der Waals surface area contributed by atoms with Crippen LogP contribution >= 0.6 is 0 Å². The molecule has 4 heteroatoms. The Labute approximate surface area is 136 Å². The van der Waals surface area contributed by atoms with Crippen LogP contribution in [0, 0.1) is 0 Å². The van der Waals surface area contributed by atoms with Gasteiger partial charge in [-0.15, -0.1) is 0 Å². The summed E-state index contributed by atoms with van der Waals surface area (Å²) in [4.78, 5) is 16.6. The summed E-state index contributed by atoms with van der Waals surface area (Å²) in [6.07, 6.45) is 3.92. The normalized spacial score (nSPS) is 15.5. The molecule has 3 rings (SSSR count). The summed E-state index contributed by atoms with van der Waals surface area (Å²) in [5, 5.41) is 0. The molecule has 1 heterocycles. The molecule has 0 fully saturated rings. The zero-order valence-corrected chi connectivity index (χ0v) is 13.7. The van der Waals surface area contributed by atoms with Crippen LogP contribution in [0.25, 0.3) is 0 Å². The molecule has 0 unspecified atom stereocenters. The first-order valence-corrected chi connectivity index (χ1v) is 8.04. The fourth-order valence-electron chi connectivity index (χ4n) is 3.08. The van der Waals surface area contributed by atoms with Crippen molar-refractivity contribution < 1.29 is 4.74 Å². The van der Waals surface area contributed by atoms with Crippen LogP contribution in [-0.2, 0) is 19.9 Å². The van der Waals surface area contributed by atoms with Crippen molar-refractivity contribution in [2.24, 2.45) is 12.0 Å². The molecule has 23 heavy (non-hydrogen) atoms. The molecule has 1 aliphatic carbocycles. The lowest BCUT2D eigenvalue weighted by Crippen LogP contribution is -2.25. The van der Waals surface area contributed by atoms with Crippen molar-refractivity contribution in [1.29, 1.82) is 0 Å². The summed E-state index contributed by atoms with van der Waals surface area (Å²) in [6, 6.07) is 11.7. The maximum atomic E-state index is 11.8. The van der Waals surface area contributed by atoms with Crippen molar-refractivity contribution in [3.8, 4) is 5.75 Å². The van der Waals surface area contributed by atoms with Crippen LogP contribution in [0.3, 0.4) is 0 Å². The third-order valence-corrected chi connectivity index (χ3v) is 4.44. The predicted octanol–water partition coefficient (Wildman–Crippen LogP) is 2.76. The fourth-order valence-corrected chi connectivity index (χ4v) is 3.08. The Hall–Kier alpha value is -2.36. The average Bonchev–Trinajstić information content (AvgIpc) is 2.59. The van der Waals surface area contributed by atoms with E-state index in [0.717, 1.165) is 54.9 Å². The van der Waals surface area contributed by atoms with Gasteiger partial charge in [0.15, 0.2) is 0 Å². The van der Waals surface area contributed by atoms with Gasteiger partial charge in [-0.25, -0.2) is 0 Å². The van der Waals surface area contributed by atoms with Crippen LogP contribution in [-0.4, -0.2) is 23.9 Å². The molecule has 0 N–H and O–H groups in total. The van der Waals surface area contributed by atoms with Crippen molar-refractivity contribution >= 4 is 5.71 Å². The van der Waals surface area contributed by atoms with E-state index in [1.54, 1.807) is 17.7 Å². The van der Waals surface area contributed by atoms with Gasteiger partial charge < -0.3 is 9.30 Å². The first-order chi connectivity index (χ1) is 11.2. The van der Waals surface area contributed by atoms with Gasteiger partial charge in [0.1, 0.15) is 5.75 Å². The number of hydrogen-bond donors (Lipinski definition) is 0. The molecular weight excluding hydrogens is 288 g/mol. The molecule has 2 aromatic rings. The summed E-state index contributed by atoms with van der Waals surface area (Å²) < 4.78 is 6.93. The van der Waals surface area contributed by atoms with Crippen molar-refractivity contribution in [2.75, 3.05) is 13.7 Å². The summed E-state index contributed by atoms with van der Waals surface area (Å²) in [7, 11) is 3.52. The van der Waals surface area contributed by atoms with Gasteiger partial charge >= 0.3 is 0 Å². The minimum Gasteiger partial charge on any atom is -0.497 e. The molecule has 0 radical (unpaired) electrons. The minimum absolute atomic E-state index is 0.0585. The number of ether oxygens (including phenoxy) is 1. The van der Waals surface area contributed by atoms with Crippen molar-refractivity contribution in [3.05, 3.63) is 63.6 Å². The molecule has 120 valence electrons. The first-order valence-electron chi connectivity index (χ1n) is 8.04. The molecular formula is C19H22N2O2. The van der Waals surface area contributed by atoms with Crippen LogP contribution < -0.4 is 10.3 Å². The topological polar surface area (TPSA) is 43.6 Å². The Bertz CT molecular complexity index is 773. The Kier molecular flexibility index (Phi) is 4.60. The highest BCUT2D eigenvalue weighted by Crippen LogP contribution is 2.20. The van der Waals surface area contributed by atoms with E-state index < -0.39 is 0 Å². The molecule has 0 aliphatic heterocycles. The third-order valence-electron chi connectivity index (χ3n) is 4.44. The van der Waals surface area contributed by atoms with E-state index >= 15 is 0 Å². The van der Waals surface area contributed by atoms with Gasteiger partial charge in [-0.05, 0) is 49.4 Å². The highest BCUT2D eigenvalue weighted by Gasteiger charge is 2.17. The molecule has 0 saturated carbocycles. The summed E-state index contributed by atoms with van der Waals surface area (Å²) >= 11 is 0. The van der Waals surface area contributed by atoms with E-state index in [4.69, 9.17) is 9.73 Å². The highest BCUT2D eigenvalue weighted by molar-refractivity contribution is 6.02. The number of fused-ring (bicyclic) bond motifs is 1. The van der Waals surface area contributed by atoms with Crippen molar-refractivity contribution in [1.82, 2.24) is 4.57 Å². The Morgan fingerprint density at radius 1 is 1.13 bits per heavy atom. The van der Waals surface area contributed by atoms with Crippen LogP contribution in [0.5, 0.6) is 5.75 Å². The van der Waals surface area contributed by atoms with Crippen LogP contribution in [0.1, 0.15) is 29.7 Å². The van der Waals surface area contributed by atoms with Crippen LogP contribution in [0.15, 0.2) is 46.2 Å². The second-order valence-corrected chi connectivity index (χ2v) is 5.87. The van der Waals surface area contributed by atoms with Gasteiger partial charge in [-0.3, -0.25) is 9.79 Å². The van der Waals surface area contributed by atoms with E-state index in [0.29, 0.717) is 0 Å². The van der Waals surface area contributed by atoms with E-state index in [1.165, 1.54) is 5.56 Å². The van der Waals surface area contributed by atoms with Crippen LogP contribution in [0.2, 0.25) is 0 Å². The second kappa shape index (κ2) is 6.82. The van der Waals surface area contributed by atoms with Gasteiger partial charge in [-0.1, -0.05) is 12.1 Å². The second-order valence-electron chi connectivity index (χ2n) is 5.87. The largest absolute Gasteiger partial charge is 0.497 e. The predicted molar refractivity (Wildman–Crippen MR) is 92.7 cm³/mol. The molecule has 0 amide bonds. The average molecular weight is 310 g/mol. The van der Waals surface area contributed by atoms with Gasteiger partial charge in [0.25, 0.3) is 0 Å². The van der Waals surface area contributed by atoms with Gasteiger partial charge in [0, 0.05) is 36.6 Å². The first kappa shape index (κ1) is 15.5. The van der Waals surface area contributed by atoms with Crippen molar-refractivity contribution in [3.63, 3.8) is 0 Å². The zero-order chi connectivity index (χ0) is 16.2. The van der Waals surface area contributed by atoms with E-state index in [1.807, 2.05) is 25.2 Å². The van der Waals surface area contributed by atoms with E-state index in [9.17, 15) is 4.79 Å². The summed E-state index contributed by atoms with van der Waals surface area (Å²) in [6.45, 7) is 0.768. The lowest BCUT2D eigenvalue weighted by molar-refractivity contribution is 0.414. The number of rotatable bonds is 4. The highest BCUT2D eigenvalue weighted by atomic mass is 16.5. The maximum Gasteiger partial charge on any atom is 0.250 e. The third kappa shape index (κ3) is 3.36. The Morgan fingerprint density at radius 2 is 1.91 bits per heavy atom. The van der Waals surface area contributed by atoms with E-state index in [-0.39, 0.29) is 5.56 Å². The standard InChI is InChI=1S/C19H22N2O2/c1-21-18-5-3-4-17(16(18)10-11-19(21)22)20-13-12-14-6-8-15(23-2)9-7-14/h6-11H,3-5,12-13H2,1-2H3. The molecule has 0 saturated heterocycles. The molecule has 0 bridgehead atoms. The monoisotopic (exact) mass is 310 g/mol. The molecule has 4 nitrogen and oxygen atoms in total. The number of aromatic nitrogens is 1.